The molecule has 0 saturated heterocycles. The molecular formula is C17H18N2S. The van der Waals surface area contributed by atoms with Crippen LogP contribution < -0.4 is 5.73 Å². The maximum Gasteiger partial charge on any atom is 0.0739 e. The summed E-state index contributed by atoms with van der Waals surface area (Å²) in [5, 5.41) is 2.66. The first kappa shape index (κ1) is 13.3. The van der Waals surface area contributed by atoms with Crippen molar-refractivity contribution in [1.82, 2.24) is 4.98 Å². The van der Waals surface area contributed by atoms with Gasteiger partial charge in [0.1, 0.15) is 0 Å². The third kappa shape index (κ3) is 2.74. The first-order valence-corrected chi connectivity index (χ1v) is 7.67. The second-order valence-corrected chi connectivity index (χ2v) is 6.21. The van der Waals surface area contributed by atoms with Crippen molar-refractivity contribution in [1.29, 1.82) is 0 Å². The SMILES string of the molecule is CC(N)C(Sc1cc2ccccc2[nH]1)c1ccccc1. The maximum atomic E-state index is 6.18. The molecule has 2 unspecified atom stereocenters. The summed E-state index contributed by atoms with van der Waals surface area (Å²) in [6, 6.07) is 21.1. The zero-order chi connectivity index (χ0) is 13.9. The van der Waals surface area contributed by atoms with Crippen LogP contribution in [0.4, 0.5) is 0 Å². The minimum atomic E-state index is 0.0915. The lowest BCUT2D eigenvalue weighted by Crippen LogP contribution is -2.22. The van der Waals surface area contributed by atoms with Gasteiger partial charge >= 0.3 is 0 Å². The van der Waals surface area contributed by atoms with Crippen molar-refractivity contribution in [3.8, 4) is 0 Å². The van der Waals surface area contributed by atoms with E-state index in [0.717, 1.165) is 5.03 Å². The number of rotatable bonds is 4. The molecule has 0 aliphatic heterocycles. The van der Waals surface area contributed by atoms with Crippen LogP contribution in [0.25, 0.3) is 10.9 Å². The first-order chi connectivity index (χ1) is 9.74. The molecule has 2 aromatic carbocycles. The minimum absolute atomic E-state index is 0.0915. The summed E-state index contributed by atoms with van der Waals surface area (Å²) in [6.07, 6.45) is 0. The number of hydrogen-bond donors (Lipinski definition) is 2. The van der Waals surface area contributed by atoms with E-state index >= 15 is 0 Å². The molecule has 3 heteroatoms. The van der Waals surface area contributed by atoms with Gasteiger partial charge in [0.15, 0.2) is 0 Å². The van der Waals surface area contributed by atoms with Gasteiger partial charge in [-0.3, -0.25) is 0 Å². The summed E-state index contributed by atoms with van der Waals surface area (Å²) in [4.78, 5) is 3.46. The number of para-hydroxylation sites is 1. The molecule has 1 aromatic heterocycles. The van der Waals surface area contributed by atoms with Crippen LogP contribution in [0.15, 0.2) is 65.7 Å². The Bertz CT molecular complexity index is 655. The molecule has 3 aromatic rings. The number of nitrogens with one attached hydrogen (secondary N) is 1. The zero-order valence-corrected chi connectivity index (χ0v) is 12.2. The second-order valence-electron chi connectivity index (χ2n) is 5.03. The normalized spacial score (nSPS) is 14.3. The molecule has 102 valence electrons. The summed E-state index contributed by atoms with van der Waals surface area (Å²) in [5.41, 5.74) is 8.62. The van der Waals surface area contributed by atoms with E-state index in [9.17, 15) is 0 Å². The predicted molar refractivity (Wildman–Crippen MR) is 87.0 cm³/mol. The van der Waals surface area contributed by atoms with E-state index in [1.54, 1.807) is 11.8 Å². The van der Waals surface area contributed by atoms with Crippen LogP contribution in [0, 0.1) is 0 Å². The summed E-state index contributed by atoms with van der Waals surface area (Å²) in [5.74, 6) is 0. The van der Waals surface area contributed by atoms with Crippen LogP contribution in [0.1, 0.15) is 17.7 Å². The smallest absolute Gasteiger partial charge is 0.0739 e. The maximum absolute atomic E-state index is 6.18. The Hall–Kier alpha value is -1.71. The Kier molecular flexibility index (Phi) is 3.81. The highest BCUT2D eigenvalue weighted by Gasteiger charge is 2.18. The number of aromatic amines is 1. The van der Waals surface area contributed by atoms with E-state index in [4.69, 9.17) is 5.73 Å². The van der Waals surface area contributed by atoms with Gasteiger partial charge in [-0.1, -0.05) is 60.3 Å². The number of benzene rings is 2. The molecule has 0 bridgehead atoms. The molecule has 0 spiro atoms. The number of thioether (sulfide) groups is 1. The molecule has 0 saturated carbocycles. The topological polar surface area (TPSA) is 41.8 Å². The highest BCUT2D eigenvalue weighted by molar-refractivity contribution is 7.99. The van der Waals surface area contributed by atoms with Crippen molar-refractivity contribution in [2.24, 2.45) is 5.73 Å². The van der Waals surface area contributed by atoms with Gasteiger partial charge in [0.25, 0.3) is 0 Å². The lowest BCUT2D eigenvalue weighted by molar-refractivity contribution is 0.720. The van der Waals surface area contributed by atoms with Gasteiger partial charge in [0.05, 0.1) is 10.3 Å². The summed E-state index contributed by atoms with van der Waals surface area (Å²) >= 11 is 1.80. The van der Waals surface area contributed by atoms with E-state index < -0.39 is 0 Å². The molecule has 0 fully saturated rings. The molecule has 3 rings (SSSR count). The molecule has 0 aliphatic rings. The van der Waals surface area contributed by atoms with Crippen LogP contribution >= 0.6 is 11.8 Å². The Morgan fingerprint density at radius 3 is 2.40 bits per heavy atom. The van der Waals surface area contributed by atoms with Gasteiger partial charge in [-0.2, -0.15) is 0 Å². The lowest BCUT2D eigenvalue weighted by atomic mass is 10.1. The van der Waals surface area contributed by atoms with Gasteiger partial charge in [0.2, 0.25) is 0 Å². The highest BCUT2D eigenvalue weighted by atomic mass is 32.2. The largest absolute Gasteiger partial charge is 0.350 e. The molecule has 2 nitrogen and oxygen atoms in total. The average Bonchev–Trinajstić information content (AvgIpc) is 2.88. The van der Waals surface area contributed by atoms with E-state index in [-0.39, 0.29) is 11.3 Å². The molecule has 2 atom stereocenters. The van der Waals surface area contributed by atoms with Crippen molar-refractivity contribution in [3.05, 3.63) is 66.2 Å². The van der Waals surface area contributed by atoms with Gasteiger partial charge in [-0.15, -0.1) is 0 Å². The predicted octanol–water partition coefficient (Wildman–Crippen LogP) is 4.35. The summed E-state index contributed by atoms with van der Waals surface area (Å²) in [6.45, 7) is 2.06. The van der Waals surface area contributed by atoms with Gasteiger partial charge in [0, 0.05) is 16.9 Å². The Morgan fingerprint density at radius 2 is 1.70 bits per heavy atom. The van der Waals surface area contributed by atoms with Crippen LogP contribution in [-0.2, 0) is 0 Å². The fourth-order valence-corrected chi connectivity index (χ4v) is 3.51. The zero-order valence-electron chi connectivity index (χ0n) is 11.4. The van der Waals surface area contributed by atoms with E-state index in [0.29, 0.717) is 0 Å². The Morgan fingerprint density at radius 1 is 1.00 bits per heavy atom. The molecular weight excluding hydrogens is 264 g/mol. The molecule has 0 amide bonds. The first-order valence-electron chi connectivity index (χ1n) is 6.79. The van der Waals surface area contributed by atoms with Crippen LogP contribution in [-0.4, -0.2) is 11.0 Å². The fourth-order valence-electron chi connectivity index (χ4n) is 2.37. The monoisotopic (exact) mass is 282 g/mol. The van der Waals surface area contributed by atoms with Crippen molar-refractivity contribution >= 4 is 22.7 Å². The Labute approximate surface area is 123 Å². The molecule has 1 heterocycles. The van der Waals surface area contributed by atoms with Crippen molar-refractivity contribution in [3.63, 3.8) is 0 Å². The third-order valence-corrected chi connectivity index (χ3v) is 4.79. The summed E-state index contributed by atoms with van der Waals surface area (Å²) < 4.78 is 0. The van der Waals surface area contributed by atoms with Gasteiger partial charge in [-0.05, 0) is 24.6 Å². The Balaban J connectivity index is 1.90. The van der Waals surface area contributed by atoms with Crippen molar-refractivity contribution < 1.29 is 0 Å². The highest BCUT2D eigenvalue weighted by Crippen LogP contribution is 2.37. The molecule has 20 heavy (non-hydrogen) atoms. The van der Waals surface area contributed by atoms with Gasteiger partial charge < -0.3 is 10.7 Å². The quantitative estimate of drug-likeness (QED) is 0.699. The van der Waals surface area contributed by atoms with Crippen molar-refractivity contribution in [2.75, 3.05) is 0 Å². The third-order valence-electron chi connectivity index (χ3n) is 3.36. The lowest BCUT2D eigenvalue weighted by Gasteiger charge is -2.20. The number of H-pyrrole nitrogens is 1. The molecule has 0 aliphatic carbocycles. The average molecular weight is 282 g/mol. The van der Waals surface area contributed by atoms with E-state index in [1.165, 1.54) is 16.5 Å². The van der Waals surface area contributed by atoms with Crippen LogP contribution in [0.2, 0.25) is 0 Å². The van der Waals surface area contributed by atoms with Gasteiger partial charge in [-0.25, -0.2) is 0 Å². The minimum Gasteiger partial charge on any atom is -0.350 e. The molecule has 0 radical (unpaired) electrons. The van der Waals surface area contributed by atoms with Crippen LogP contribution in [0.3, 0.4) is 0 Å². The fraction of sp³-hybridized carbons (Fsp3) is 0.176. The number of nitrogens with two attached hydrogens (primary N) is 1. The van der Waals surface area contributed by atoms with E-state index in [1.807, 2.05) is 12.1 Å². The standard InChI is InChI=1S/C17H18N2S/c1-12(18)17(13-7-3-2-4-8-13)20-16-11-14-9-5-6-10-15(14)19-16/h2-12,17,19H,18H2,1H3. The second kappa shape index (κ2) is 5.73. The number of hydrogen-bond acceptors (Lipinski definition) is 2. The van der Waals surface area contributed by atoms with Crippen LogP contribution in [0.5, 0.6) is 0 Å². The van der Waals surface area contributed by atoms with E-state index in [2.05, 4.69) is 60.4 Å². The summed E-state index contributed by atoms with van der Waals surface area (Å²) in [7, 11) is 0. The van der Waals surface area contributed by atoms with Crippen molar-refractivity contribution in [2.45, 2.75) is 23.2 Å². The molecule has 3 N–H and O–H groups in total. The number of aromatic nitrogens is 1. The number of fused-ring (bicyclic) bond motifs is 1.